The third-order valence-corrected chi connectivity index (χ3v) is 2.51. The molecule has 0 fully saturated rings. The van der Waals surface area contributed by atoms with Gasteiger partial charge in [-0.25, -0.2) is 0 Å². The highest BCUT2D eigenvalue weighted by atomic mass is 19.4. The zero-order chi connectivity index (χ0) is 12.8. The zero-order valence-corrected chi connectivity index (χ0v) is 10.6. The maximum atomic E-state index is 12.3. The van der Waals surface area contributed by atoms with E-state index in [1.54, 1.807) is 13.8 Å². The standard InChI is InChI=1S/C11H23F3N2/c1-5-15-10(4)6-7-16(9(2)3)8-11(12,13)14/h9-10,15H,5-8H2,1-4H3. The number of nitrogens with zero attached hydrogens (tertiary/aromatic N) is 1. The Kier molecular flexibility index (Phi) is 6.99. The van der Waals surface area contributed by atoms with Crippen LogP contribution in [0.1, 0.15) is 34.1 Å². The minimum absolute atomic E-state index is 0.0737. The first-order valence-corrected chi connectivity index (χ1v) is 5.80. The molecule has 0 aromatic rings. The van der Waals surface area contributed by atoms with Gasteiger partial charge in [0.2, 0.25) is 0 Å². The summed E-state index contributed by atoms with van der Waals surface area (Å²) in [5, 5.41) is 3.19. The Morgan fingerprint density at radius 3 is 2.12 bits per heavy atom. The normalized spacial score (nSPS) is 14.8. The Hall–Kier alpha value is -0.290. The molecule has 0 heterocycles. The number of rotatable bonds is 7. The number of hydrogen-bond donors (Lipinski definition) is 1. The predicted octanol–water partition coefficient (Wildman–Crippen LogP) is 2.65. The SMILES string of the molecule is CCNC(C)CCN(CC(F)(F)F)C(C)C. The molecule has 2 nitrogen and oxygen atoms in total. The molecule has 5 heteroatoms. The molecule has 0 aliphatic heterocycles. The fourth-order valence-electron chi connectivity index (χ4n) is 1.56. The number of nitrogens with one attached hydrogen (secondary N) is 1. The molecule has 1 unspecified atom stereocenters. The van der Waals surface area contributed by atoms with Crippen LogP contribution in [0.4, 0.5) is 13.2 Å². The molecule has 0 saturated carbocycles. The van der Waals surface area contributed by atoms with Crippen molar-refractivity contribution in [1.29, 1.82) is 0 Å². The molecule has 98 valence electrons. The second-order valence-corrected chi connectivity index (χ2v) is 4.43. The van der Waals surface area contributed by atoms with Gasteiger partial charge in [0.1, 0.15) is 0 Å². The molecule has 0 bridgehead atoms. The Morgan fingerprint density at radius 1 is 1.19 bits per heavy atom. The van der Waals surface area contributed by atoms with E-state index in [2.05, 4.69) is 5.32 Å². The summed E-state index contributed by atoms with van der Waals surface area (Å²) in [6.45, 7) is 8.09. The van der Waals surface area contributed by atoms with Crippen molar-refractivity contribution in [3.8, 4) is 0 Å². The quantitative estimate of drug-likeness (QED) is 0.736. The summed E-state index contributed by atoms with van der Waals surface area (Å²) in [7, 11) is 0. The van der Waals surface area contributed by atoms with Crippen LogP contribution in [0, 0.1) is 0 Å². The molecule has 0 saturated heterocycles. The molecule has 16 heavy (non-hydrogen) atoms. The highest BCUT2D eigenvalue weighted by Gasteiger charge is 2.31. The lowest BCUT2D eigenvalue weighted by Crippen LogP contribution is -2.41. The maximum absolute atomic E-state index is 12.3. The van der Waals surface area contributed by atoms with Crippen LogP contribution in [0.15, 0.2) is 0 Å². The fourth-order valence-corrected chi connectivity index (χ4v) is 1.56. The Bertz CT molecular complexity index is 181. The van der Waals surface area contributed by atoms with Crippen molar-refractivity contribution in [2.45, 2.75) is 52.4 Å². The second kappa shape index (κ2) is 7.12. The van der Waals surface area contributed by atoms with Crippen LogP contribution >= 0.6 is 0 Å². The molecule has 1 N–H and O–H groups in total. The topological polar surface area (TPSA) is 15.3 Å². The van der Waals surface area contributed by atoms with Crippen LogP contribution < -0.4 is 5.32 Å². The van der Waals surface area contributed by atoms with Gasteiger partial charge in [-0.2, -0.15) is 13.2 Å². The van der Waals surface area contributed by atoms with Gasteiger partial charge < -0.3 is 5.32 Å². The van der Waals surface area contributed by atoms with Crippen LogP contribution in [-0.4, -0.2) is 42.8 Å². The van der Waals surface area contributed by atoms with Crippen LogP contribution in [0.3, 0.4) is 0 Å². The third-order valence-electron chi connectivity index (χ3n) is 2.51. The molecule has 0 aliphatic carbocycles. The summed E-state index contributed by atoms with van der Waals surface area (Å²) >= 11 is 0. The average Bonchev–Trinajstić information content (AvgIpc) is 2.10. The van der Waals surface area contributed by atoms with Gasteiger partial charge in [0, 0.05) is 18.6 Å². The van der Waals surface area contributed by atoms with E-state index in [1.165, 1.54) is 4.90 Å². The molecular weight excluding hydrogens is 217 g/mol. The van der Waals surface area contributed by atoms with E-state index >= 15 is 0 Å². The predicted molar refractivity (Wildman–Crippen MR) is 60.5 cm³/mol. The van der Waals surface area contributed by atoms with Crippen molar-refractivity contribution < 1.29 is 13.2 Å². The smallest absolute Gasteiger partial charge is 0.314 e. The highest BCUT2D eigenvalue weighted by Crippen LogP contribution is 2.18. The number of hydrogen-bond acceptors (Lipinski definition) is 2. The summed E-state index contributed by atoms with van der Waals surface area (Å²) in [5.41, 5.74) is 0. The van der Waals surface area contributed by atoms with E-state index in [-0.39, 0.29) is 12.1 Å². The van der Waals surface area contributed by atoms with Crippen molar-refractivity contribution in [3.05, 3.63) is 0 Å². The Labute approximate surface area is 96.2 Å². The molecule has 0 amide bonds. The summed E-state index contributed by atoms with van der Waals surface area (Å²) in [6.07, 6.45) is -3.37. The monoisotopic (exact) mass is 240 g/mol. The Morgan fingerprint density at radius 2 is 1.75 bits per heavy atom. The lowest BCUT2D eigenvalue weighted by atomic mass is 10.2. The van der Waals surface area contributed by atoms with Crippen molar-refractivity contribution in [1.82, 2.24) is 10.2 Å². The first kappa shape index (κ1) is 15.7. The molecule has 0 radical (unpaired) electrons. The first-order chi connectivity index (χ1) is 7.26. The zero-order valence-electron chi connectivity index (χ0n) is 10.6. The Balaban J connectivity index is 4.04. The van der Waals surface area contributed by atoms with E-state index in [4.69, 9.17) is 0 Å². The maximum Gasteiger partial charge on any atom is 0.401 e. The summed E-state index contributed by atoms with van der Waals surface area (Å²) in [5.74, 6) is 0. The van der Waals surface area contributed by atoms with Gasteiger partial charge in [-0.1, -0.05) is 6.92 Å². The van der Waals surface area contributed by atoms with Crippen molar-refractivity contribution in [2.75, 3.05) is 19.6 Å². The van der Waals surface area contributed by atoms with Gasteiger partial charge in [-0.15, -0.1) is 0 Å². The molecule has 0 aliphatic rings. The van der Waals surface area contributed by atoms with E-state index in [0.29, 0.717) is 6.54 Å². The first-order valence-electron chi connectivity index (χ1n) is 5.80. The van der Waals surface area contributed by atoms with E-state index in [1.807, 2.05) is 13.8 Å². The van der Waals surface area contributed by atoms with Gasteiger partial charge in [-0.3, -0.25) is 4.90 Å². The molecular formula is C11H23F3N2. The summed E-state index contributed by atoms with van der Waals surface area (Å²) in [6, 6.07) is 0.190. The van der Waals surface area contributed by atoms with Gasteiger partial charge >= 0.3 is 6.18 Å². The van der Waals surface area contributed by atoms with Crippen molar-refractivity contribution in [3.63, 3.8) is 0 Å². The molecule has 0 aromatic carbocycles. The third kappa shape index (κ3) is 7.93. The molecule has 1 atom stereocenters. The minimum atomic E-state index is -4.11. The highest BCUT2D eigenvalue weighted by molar-refractivity contribution is 4.70. The minimum Gasteiger partial charge on any atom is -0.314 e. The number of alkyl halides is 3. The largest absolute Gasteiger partial charge is 0.401 e. The number of halogens is 3. The van der Waals surface area contributed by atoms with E-state index in [9.17, 15) is 13.2 Å². The summed E-state index contributed by atoms with van der Waals surface area (Å²) in [4.78, 5) is 1.47. The molecule has 0 aromatic heterocycles. The van der Waals surface area contributed by atoms with Gasteiger partial charge in [0.25, 0.3) is 0 Å². The van der Waals surface area contributed by atoms with Gasteiger partial charge in [0.05, 0.1) is 6.54 Å². The van der Waals surface area contributed by atoms with E-state index in [0.717, 1.165) is 13.0 Å². The van der Waals surface area contributed by atoms with Crippen LogP contribution in [0.5, 0.6) is 0 Å². The van der Waals surface area contributed by atoms with Crippen LogP contribution in [-0.2, 0) is 0 Å². The second-order valence-electron chi connectivity index (χ2n) is 4.43. The van der Waals surface area contributed by atoms with Crippen LogP contribution in [0.2, 0.25) is 0 Å². The lowest BCUT2D eigenvalue weighted by Gasteiger charge is -2.28. The fraction of sp³-hybridized carbons (Fsp3) is 1.00. The molecule has 0 rings (SSSR count). The molecule has 0 spiro atoms. The van der Waals surface area contributed by atoms with Gasteiger partial charge in [0.15, 0.2) is 0 Å². The average molecular weight is 240 g/mol. The lowest BCUT2D eigenvalue weighted by molar-refractivity contribution is -0.149. The van der Waals surface area contributed by atoms with Crippen molar-refractivity contribution >= 4 is 0 Å². The van der Waals surface area contributed by atoms with Crippen LogP contribution in [0.25, 0.3) is 0 Å². The summed E-state index contributed by atoms with van der Waals surface area (Å²) < 4.78 is 36.8. The van der Waals surface area contributed by atoms with Gasteiger partial charge in [-0.05, 0) is 33.7 Å². The van der Waals surface area contributed by atoms with Crippen molar-refractivity contribution in [2.24, 2.45) is 0 Å². The van der Waals surface area contributed by atoms with E-state index < -0.39 is 12.7 Å².